The van der Waals surface area contributed by atoms with E-state index in [1.165, 1.54) is 16.7 Å². The number of fused-ring (bicyclic) bond motifs is 1. The Hall–Kier alpha value is -3.23. The van der Waals surface area contributed by atoms with Gasteiger partial charge in [0.25, 0.3) is 0 Å². The molecule has 0 aliphatic heterocycles. The van der Waals surface area contributed by atoms with Crippen molar-refractivity contribution < 1.29 is 9.90 Å². The van der Waals surface area contributed by atoms with Crippen molar-refractivity contribution in [2.75, 3.05) is 5.75 Å². The van der Waals surface area contributed by atoms with Crippen molar-refractivity contribution >= 4 is 47.6 Å². The Morgan fingerprint density at radius 3 is 1.69 bits per heavy atom. The van der Waals surface area contributed by atoms with Crippen LogP contribution in [0.2, 0.25) is 0 Å². The maximum absolute atomic E-state index is 11.9. The van der Waals surface area contributed by atoms with Gasteiger partial charge in [0, 0.05) is 12.3 Å². The number of carboxylic acids is 1. The minimum absolute atomic E-state index is 0. The number of imidazole rings is 1. The molecule has 0 fully saturated rings. The van der Waals surface area contributed by atoms with E-state index >= 15 is 0 Å². The van der Waals surface area contributed by atoms with Crippen LogP contribution < -0.4 is 0 Å². The van der Waals surface area contributed by atoms with Gasteiger partial charge in [-0.1, -0.05) is 103 Å². The third kappa shape index (κ3) is 4.81. The Kier molecular flexibility index (Phi) is 7.82. The number of carbonyl (C=O) groups is 1. The molecule has 1 aromatic heterocycles. The van der Waals surface area contributed by atoms with Crippen molar-refractivity contribution in [2.45, 2.75) is 11.3 Å². The van der Waals surface area contributed by atoms with E-state index in [9.17, 15) is 9.90 Å². The van der Waals surface area contributed by atoms with Gasteiger partial charge in [0.1, 0.15) is 0 Å². The van der Waals surface area contributed by atoms with E-state index in [1.807, 2.05) is 58.8 Å². The fourth-order valence-electron chi connectivity index (χ4n) is 4.52. The molecule has 35 heavy (non-hydrogen) atoms. The zero-order valence-electron chi connectivity index (χ0n) is 18.5. The zero-order valence-corrected chi connectivity index (χ0v) is 19.4. The van der Waals surface area contributed by atoms with Gasteiger partial charge < -0.3 is 9.67 Å². The number of aromatic carboxylic acids is 1. The van der Waals surface area contributed by atoms with Gasteiger partial charge in [-0.05, 0) is 28.8 Å². The number of aromatic nitrogens is 2. The maximum atomic E-state index is 11.9. The van der Waals surface area contributed by atoms with Crippen molar-refractivity contribution in [1.82, 2.24) is 9.55 Å². The molecule has 0 spiro atoms. The number of hydrogen-bond donors (Lipinski definition) is 1. The molecule has 1 heterocycles. The molecule has 4 aromatic carbocycles. The summed E-state index contributed by atoms with van der Waals surface area (Å²) < 4.78 is 1.37. The summed E-state index contributed by atoms with van der Waals surface area (Å²) in [4.78, 5) is 16.3. The Morgan fingerprint density at radius 1 is 0.743 bits per heavy atom. The monoisotopic (exact) mass is 472 g/mol. The molecule has 5 rings (SSSR count). The first-order valence-corrected chi connectivity index (χ1v) is 12.2. The number of benzene rings is 4. The quantitative estimate of drug-likeness (QED) is 0.229. The van der Waals surface area contributed by atoms with E-state index in [4.69, 9.17) is 0 Å². The van der Waals surface area contributed by atoms with Gasteiger partial charge >= 0.3 is 24.8 Å². The van der Waals surface area contributed by atoms with Crippen molar-refractivity contribution in [3.05, 3.63) is 138 Å². The second-order valence-electron chi connectivity index (χ2n) is 8.01. The van der Waals surface area contributed by atoms with Crippen LogP contribution in [0.15, 0.2) is 115 Å². The molecule has 0 bridgehead atoms. The predicted octanol–water partition coefficient (Wildman–Crippen LogP) is 5.81. The number of carboxylic acid groups (broad SMARTS) is 1. The van der Waals surface area contributed by atoms with Crippen molar-refractivity contribution in [1.29, 1.82) is 0 Å². The summed E-state index contributed by atoms with van der Waals surface area (Å²) in [6.07, 6.45) is 0. The Labute approximate surface area is 221 Å². The first kappa shape index (κ1) is 24.9. The van der Waals surface area contributed by atoms with Gasteiger partial charge in [0.15, 0.2) is 0 Å². The number of rotatable bonds is 8. The topological polar surface area (TPSA) is 55.1 Å². The molecule has 0 aliphatic rings. The van der Waals surface area contributed by atoms with Crippen molar-refractivity contribution in [3.8, 4) is 0 Å². The summed E-state index contributed by atoms with van der Waals surface area (Å²) in [7, 11) is 0. The molecule has 0 amide bonds. The molecule has 0 saturated carbocycles. The average molecular weight is 473 g/mol. The number of hydrogen-bond acceptors (Lipinski definition) is 3. The zero-order chi connectivity index (χ0) is 23.4. The predicted molar refractivity (Wildman–Crippen MR) is 146 cm³/mol. The van der Waals surface area contributed by atoms with Gasteiger partial charge in [-0.25, -0.2) is 9.78 Å². The van der Waals surface area contributed by atoms with Crippen molar-refractivity contribution in [2.24, 2.45) is 0 Å². The van der Waals surface area contributed by atoms with Gasteiger partial charge in [0.2, 0.25) is 5.82 Å². The Bertz CT molecular complexity index is 1310. The molecule has 1 N–H and O–H groups in total. The summed E-state index contributed by atoms with van der Waals surface area (Å²) in [5.41, 5.74) is 5.10. The molecule has 0 saturated heterocycles. The van der Waals surface area contributed by atoms with E-state index in [2.05, 4.69) is 77.8 Å². The second kappa shape index (κ2) is 11.0. The van der Waals surface area contributed by atoms with E-state index in [1.54, 1.807) is 0 Å². The average Bonchev–Trinajstić information content (AvgIpc) is 3.27. The van der Waals surface area contributed by atoms with Crippen LogP contribution in [0, 0.1) is 0 Å². The molecule has 170 valence electrons. The standard InChI is InChI=1S/C29H24N2O2S.Li.H/c32-28(33)27-30-25-18-10-11-19-26(25)31(27)20-21-34-29(22-12-4-1-5-13-22,23-14-6-2-7-15-23)24-16-8-3-9-17-24;;/h1-19H,20-21H2,(H,32,33);;. The van der Waals surface area contributed by atoms with Crippen molar-refractivity contribution in [3.63, 3.8) is 0 Å². The summed E-state index contributed by atoms with van der Waals surface area (Å²) in [6, 6.07) is 39.1. The third-order valence-corrected chi connectivity index (χ3v) is 7.55. The molecule has 6 heteroatoms. The van der Waals surface area contributed by atoms with Crippen LogP contribution in [0.25, 0.3) is 11.0 Å². The van der Waals surface area contributed by atoms with Gasteiger partial charge in [0.05, 0.1) is 15.8 Å². The van der Waals surface area contributed by atoms with Crippen LogP contribution in [0.3, 0.4) is 0 Å². The first-order chi connectivity index (χ1) is 16.7. The van der Waals surface area contributed by atoms with Crippen LogP contribution in [-0.4, -0.2) is 45.2 Å². The normalized spacial score (nSPS) is 11.2. The molecule has 0 radical (unpaired) electrons. The number of nitrogens with zero attached hydrogens (tertiary/aromatic N) is 2. The van der Waals surface area contributed by atoms with Crippen LogP contribution in [0.4, 0.5) is 0 Å². The molecule has 5 aromatic rings. The number of aryl methyl sites for hydroxylation is 1. The SMILES string of the molecule is O=C(O)c1nc2ccccc2n1CCSC(c1ccccc1)(c1ccccc1)c1ccccc1.[LiH]. The second-order valence-corrected chi connectivity index (χ2v) is 9.32. The van der Waals surface area contributed by atoms with Crippen LogP contribution >= 0.6 is 11.8 Å². The van der Waals surface area contributed by atoms with E-state index < -0.39 is 10.7 Å². The van der Waals surface area contributed by atoms with E-state index in [0.29, 0.717) is 17.8 Å². The summed E-state index contributed by atoms with van der Waals surface area (Å²) >= 11 is 1.81. The fourth-order valence-corrected chi connectivity index (χ4v) is 6.01. The molecule has 0 unspecified atom stereocenters. The molecule has 0 atom stereocenters. The Balaban J connectivity index is 0.00000289. The Morgan fingerprint density at radius 2 is 1.20 bits per heavy atom. The third-order valence-electron chi connectivity index (χ3n) is 6.02. The molecular formula is C29H25LiN2O2S. The number of thioether (sulfide) groups is 1. The summed E-state index contributed by atoms with van der Waals surface area (Å²) in [5, 5.41) is 9.77. The van der Waals surface area contributed by atoms with Crippen LogP contribution in [0.5, 0.6) is 0 Å². The van der Waals surface area contributed by atoms with Gasteiger partial charge in [-0.2, -0.15) is 0 Å². The number of para-hydroxylation sites is 2. The van der Waals surface area contributed by atoms with E-state index in [0.717, 1.165) is 5.52 Å². The first-order valence-electron chi connectivity index (χ1n) is 11.2. The van der Waals surface area contributed by atoms with Crippen LogP contribution in [-0.2, 0) is 11.3 Å². The molecular weight excluding hydrogens is 447 g/mol. The molecule has 0 aliphatic carbocycles. The summed E-state index contributed by atoms with van der Waals surface area (Å²) in [5.74, 6) is -0.243. The fraction of sp³-hybridized carbons (Fsp3) is 0.103. The molecule has 4 nitrogen and oxygen atoms in total. The summed E-state index contributed by atoms with van der Waals surface area (Å²) in [6.45, 7) is 0.529. The van der Waals surface area contributed by atoms with Crippen LogP contribution in [0.1, 0.15) is 27.3 Å². The van der Waals surface area contributed by atoms with E-state index in [-0.39, 0.29) is 24.7 Å². The van der Waals surface area contributed by atoms with Gasteiger partial charge in [-0.3, -0.25) is 0 Å². The minimum atomic E-state index is -1.01. The van der Waals surface area contributed by atoms with Gasteiger partial charge in [-0.15, -0.1) is 11.8 Å².